The summed E-state index contributed by atoms with van der Waals surface area (Å²) in [7, 11) is 0. The highest BCUT2D eigenvalue weighted by molar-refractivity contribution is 5.97. The number of nitrogens with one attached hydrogen (secondary N) is 2. The van der Waals surface area contributed by atoms with Crippen molar-refractivity contribution in [3.63, 3.8) is 0 Å². The number of rotatable bonds is 9. The first-order valence-electron chi connectivity index (χ1n) is 8.60. The molecule has 0 bridgehead atoms. The summed E-state index contributed by atoms with van der Waals surface area (Å²) >= 11 is 0. The lowest BCUT2D eigenvalue weighted by atomic mass is 10.1. The number of halogens is 2. The van der Waals surface area contributed by atoms with Gasteiger partial charge in [-0.15, -0.1) is 0 Å². The third-order valence-corrected chi connectivity index (χ3v) is 3.66. The number of hydrogen-bond acceptors (Lipinski definition) is 5. The van der Waals surface area contributed by atoms with Crippen LogP contribution < -0.4 is 10.6 Å². The molecule has 2 N–H and O–H groups in total. The SMILES string of the molecule is O=C(COC(=O)CCC(=O)c1ccc(F)cc1)NCC(=O)Nc1ccc(F)cc1. The van der Waals surface area contributed by atoms with Gasteiger partial charge < -0.3 is 15.4 Å². The molecule has 7 nitrogen and oxygen atoms in total. The second kappa shape index (κ2) is 10.6. The maximum Gasteiger partial charge on any atom is 0.306 e. The quantitative estimate of drug-likeness (QED) is 0.493. The van der Waals surface area contributed by atoms with E-state index in [-0.39, 0.29) is 30.7 Å². The molecule has 0 aliphatic heterocycles. The lowest BCUT2D eigenvalue weighted by Gasteiger charge is -2.08. The fraction of sp³-hybridized carbons (Fsp3) is 0.200. The van der Waals surface area contributed by atoms with Gasteiger partial charge in [0.15, 0.2) is 12.4 Å². The Labute approximate surface area is 165 Å². The molecule has 0 aliphatic carbocycles. The molecule has 0 heterocycles. The lowest BCUT2D eigenvalue weighted by molar-refractivity contribution is -0.148. The molecular formula is C20H18F2N2O5. The van der Waals surface area contributed by atoms with E-state index in [1.54, 1.807) is 0 Å². The molecular weight excluding hydrogens is 386 g/mol. The van der Waals surface area contributed by atoms with Crippen LogP contribution in [0, 0.1) is 11.6 Å². The summed E-state index contributed by atoms with van der Waals surface area (Å²) in [6, 6.07) is 9.99. The van der Waals surface area contributed by atoms with Gasteiger partial charge in [-0.2, -0.15) is 0 Å². The highest BCUT2D eigenvalue weighted by atomic mass is 19.1. The van der Waals surface area contributed by atoms with E-state index in [4.69, 9.17) is 4.74 Å². The van der Waals surface area contributed by atoms with Gasteiger partial charge in [-0.25, -0.2) is 8.78 Å². The van der Waals surface area contributed by atoms with E-state index < -0.39 is 36.0 Å². The molecule has 0 aliphatic rings. The van der Waals surface area contributed by atoms with Gasteiger partial charge >= 0.3 is 5.97 Å². The van der Waals surface area contributed by atoms with Crippen molar-refractivity contribution in [3.8, 4) is 0 Å². The molecule has 0 spiro atoms. The number of esters is 1. The predicted molar refractivity (Wildman–Crippen MR) is 99.0 cm³/mol. The number of carbonyl (C=O) groups is 4. The van der Waals surface area contributed by atoms with E-state index in [2.05, 4.69) is 10.6 Å². The number of hydrogen-bond donors (Lipinski definition) is 2. The third-order valence-electron chi connectivity index (χ3n) is 3.66. The fourth-order valence-electron chi connectivity index (χ4n) is 2.18. The zero-order chi connectivity index (χ0) is 21.2. The first-order valence-corrected chi connectivity index (χ1v) is 8.60. The van der Waals surface area contributed by atoms with Crippen molar-refractivity contribution >= 4 is 29.3 Å². The van der Waals surface area contributed by atoms with Crippen LogP contribution in [0.15, 0.2) is 48.5 Å². The Morgan fingerprint density at radius 3 is 2.00 bits per heavy atom. The van der Waals surface area contributed by atoms with Crippen LogP contribution in [-0.4, -0.2) is 36.7 Å². The maximum atomic E-state index is 12.8. The molecule has 0 atom stereocenters. The van der Waals surface area contributed by atoms with Crippen LogP contribution in [0.1, 0.15) is 23.2 Å². The largest absolute Gasteiger partial charge is 0.456 e. The Bertz CT molecular complexity index is 883. The normalized spacial score (nSPS) is 10.1. The van der Waals surface area contributed by atoms with E-state index in [1.165, 1.54) is 36.4 Å². The van der Waals surface area contributed by atoms with Crippen molar-refractivity contribution < 1.29 is 32.7 Å². The van der Waals surface area contributed by atoms with E-state index in [0.717, 1.165) is 12.1 Å². The maximum absolute atomic E-state index is 12.8. The van der Waals surface area contributed by atoms with Crippen LogP contribution in [0.3, 0.4) is 0 Å². The summed E-state index contributed by atoms with van der Waals surface area (Å²) in [6.07, 6.45) is -0.388. The zero-order valence-electron chi connectivity index (χ0n) is 15.2. The van der Waals surface area contributed by atoms with Crippen molar-refractivity contribution in [2.45, 2.75) is 12.8 Å². The number of ketones is 1. The Balaban J connectivity index is 1.63. The fourth-order valence-corrected chi connectivity index (χ4v) is 2.18. The van der Waals surface area contributed by atoms with Crippen molar-refractivity contribution in [1.82, 2.24) is 5.32 Å². The van der Waals surface area contributed by atoms with Gasteiger partial charge in [-0.3, -0.25) is 19.2 Å². The van der Waals surface area contributed by atoms with E-state index in [0.29, 0.717) is 5.69 Å². The molecule has 152 valence electrons. The highest BCUT2D eigenvalue weighted by Crippen LogP contribution is 2.08. The third kappa shape index (κ3) is 7.87. The first-order chi connectivity index (χ1) is 13.8. The van der Waals surface area contributed by atoms with Crippen molar-refractivity contribution in [2.24, 2.45) is 0 Å². The molecule has 2 aromatic carbocycles. The van der Waals surface area contributed by atoms with Gasteiger partial charge in [0.1, 0.15) is 11.6 Å². The molecule has 29 heavy (non-hydrogen) atoms. The smallest absolute Gasteiger partial charge is 0.306 e. The van der Waals surface area contributed by atoms with Crippen LogP contribution in [-0.2, 0) is 19.1 Å². The average molecular weight is 404 g/mol. The second-order valence-electron chi connectivity index (χ2n) is 5.92. The van der Waals surface area contributed by atoms with Crippen molar-refractivity contribution in [3.05, 3.63) is 65.7 Å². The number of carbonyl (C=O) groups excluding carboxylic acids is 4. The average Bonchev–Trinajstić information content (AvgIpc) is 2.71. The highest BCUT2D eigenvalue weighted by Gasteiger charge is 2.13. The van der Waals surface area contributed by atoms with Gasteiger partial charge in [0.25, 0.3) is 5.91 Å². The van der Waals surface area contributed by atoms with Gasteiger partial charge in [-0.05, 0) is 48.5 Å². The lowest BCUT2D eigenvalue weighted by Crippen LogP contribution is -2.35. The molecule has 0 saturated heterocycles. The molecule has 9 heteroatoms. The minimum atomic E-state index is -0.758. The zero-order valence-corrected chi connectivity index (χ0v) is 15.2. The summed E-state index contributed by atoms with van der Waals surface area (Å²) in [4.78, 5) is 46.8. The molecule has 0 fully saturated rings. The molecule has 0 aromatic heterocycles. The number of anilines is 1. The van der Waals surface area contributed by atoms with Crippen molar-refractivity contribution in [2.75, 3.05) is 18.5 Å². The second-order valence-corrected chi connectivity index (χ2v) is 5.92. The number of ether oxygens (including phenoxy) is 1. The molecule has 0 unspecified atom stereocenters. The summed E-state index contributed by atoms with van der Waals surface area (Å²) in [5, 5.41) is 4.71. The summed E-state index contributed by atoms with van der Waals surface area (Å²) < 4.78 is 30.3. The van der Waals surface area contributed by atoms with E-state index in [1.807, 2.05) is 0 Å². The minimum Gasteiger partial charge on any atom is -0.456 e. The van der Waals surface area contributed by atoms with Gasteiger partial charge in [0, 0.05) is 17.7 Å². The molecule has 0 saturated carbocycles. The number of amides is 2. The molecule has 2 rings (SSSR count). The Hall–Kier alpha value is -3.62. The standard InChI is InChI=1S/C20H18F2N2O5/c21-14-3-1-13(2-4-14)17(25)9-10-20(28)29-12-19(27)23-11-18(26)24-16-7-5-15(22)6-8-16/h1-8H,9-12H2,(H,23,27)(H,24,26). The summed E-state index contributed by atoms with van der Waals surface area (Å²) in [6.45, 7) is -0.968. The molecule has 0 radical (unpaired) electrons. The molecule has 2 amide bonds. The monoisotopic (exact) mass is 404 g/mol. The first kappa shape index (κ1) is 21.7. The van der Waals surface area contributed by atoms with Crippen LogP contribution in [0.5, 0.6) is 0 Å². The molecule has 2 aromatic rings. The topological polar surface area (TPSA) is 102 Å². The van der Waals surface area contributed by atoms with Crippen LogP contribution in [0.2, 0.25) is 0 Å². The van der Waals surface area contributed by atoms with Crippen molar-refractivity contribution in [1.29, 1.82) is 0 Å². The number of benzene rings is 2. The van der Waals surface area contributed by atoms with Crippen LogP contribution in [0.4, 0.5) is 14.5 Å². The van der Waals surface area contributed by atoms with Gasteiger partial charge in [0.2, 0.25) is 5.91 Å². The van der Waals surface area contributed by atoms with E-state index >= 15 is 0 Å². The summed E-state index contributed by atoms with van der Waals surface area (Å²) in [5.74, 6) is -3.27. The predicted octanol–water partition coefficient (Wildman–Crippen LogP) is 2.23. The Kier molecular flexibility index (Phi) is 7.96. The van der Waals surface area contributed by atoms with E-state index in [9.17, 15) is 28.0 Å². The number of Topliss-reactive ketones (excluding diaryl/α,β-unsaturated/α-hetero) is 1. The Morgan fingerprint density at radius 2 is 1.38 bits per heavy atom. The van der Waals surface area contributed by atoms with Crippen LogP contribution >= 0.6 is 0 Å². The Morgan fingerprint density at radius 1 is 0.793 bits per heavy atom. The minimum absolute atomic E-state index is 0.147. The summed E-state index contributed by atoms with van der Waals surface area (Å²) in [5.41, 5.74) is 0.631. The van der Waals surface area contributed by atoms with Gasteiger partial charge in [-0.1, -0.05) is 0 Å². The van der Waals surface area contributed by atoms with Gasteiger partial charge in [0.05, 0.1) is 13.0 Å². The van der Waals surface area contributed by atoms with Crippen LogP contribution in [0.25, 0.3) is 0 Å².